The van der Waals surface area contributed by atoms with Gasteiger partial charge >= 0.3 is 0 Å². The van der Waals surface area contributed by atoms with Crippen LogP contribution < -0.4 is 15.4 Å². The summed E-state index contributed by atoms with van der Waals surface area (Å²) in [6.45, 7) is 5.70. The molecule has 138 valence electrons. The number of methoxy groups -OCH3 is 1. The van der Waals surface area contributed by atoms with Crippen LogP contribution in [0.4, 0.5) is 5.69 Å². The molecule has 2 rings (SSSR count). The van der Waals surface area contributed by atoms with E-state index in [1.54, 1.807) is 36.4 Å². The number of aromatic hydroxyl groups is 1. The number of nitrogens with one attached hydrogen (secondary N) is 2. The van der Waals surface area contributed by atoms with Crippen LogP contribution in [0.15, 0.2) is 42.5 Å². The van der Waals surface area contributed by atoms with Crippen molar-refractivity contribution in [2.45, 2.75) is 32.7 Å². The molecular formula is C20H24N2O4. The molecular weight excluding hydrogens is 332 g/mol. The predicted octanol–water partition coefficient (Wildman–Crippen LogP) is 3.11. The molecule has 0 radical (unpaired) electrons. The highest BCUT2D eigenvalue weighted by molar-refractivity contribution is 5.98. The number of amides is 2. The van der Waals surface area contributed by atoms with Crippen molar-refractivity contribution in [2.24, 2.45) is 0 Å². The summed E-state index contributed by atoms with van der Waals surface area (Å²) in [4.78, 5) is 24.5. The molecule has 0 aromatic heterocycles. The first-order chi connectivity index (χ1) is 12.2. The number of hydrogen-bond donors (Lipinski definition) is 3. The maximum atomic E-state index is 12.2. The van der Waals surface area contributed by atoms with Gasteiger partial charge in [-0.05, 0) is 45.0 Å². The van der Waals surface area contributed by atoms with Gasteiger partial charge < -0.3 is 20.5 Å². The summed E-state index contributed by atoms with van der Waals surface area (Å²) in [7, 11) is 1.50. The third-order valence-electron chi connectivity index (χ3n) is 3.54. The molecule has 3 N–H and O–H groups in total. The van der Waals surface area contributed by atoms with Gasteiger partial charge in [0.25, 0.3) is 5.91 Å². The highest BCUT2D eigenvalue weighted by atomic mass is 16.5. The first-order valence-corrected chi connectivity index (χ1v) is 8.26. The van der Waals surface area contributed by atoms with Crippen molar-refractivity contribution in [3.63, 3.8) is 0 Å². The Labute approximate surface area is 153 Å². The molecule has 0 saturated carbocycles. The summed E-state index contributed by atoms with van der Waals surface area (Å²) in [5, 5.41) is 15.6. The number of anilines is 1. The fraction of sp³-hybridized carbons (Fsp3) is 0.300. The molecule has 0 unspecified atom stereocenters. The highest BCUT2D eigenvalue weighted by Gasteiger charge is 2.16. The van der Waals surface area contributed by atoms with Crippen LogP contribution in [0.25, 0.3) is 0 Å². The fourth-order valence-corrected chi connectivity index (χ4v) is 2.35. The number of hydrogen-bond acceptors (Lipinski definition) is 4. The summed E-state index contributed by atoms with van der Waals surface area (Å²) < 4.78 is 5.02. The molecule has 2 amide bonds. The SMILES string of the molecule is COc1ccc(CC(=O)Nc2cccc(C(=O)NC(C)(C)C)c2)c(O)c1. The Bertz CT molecular complexity index is 810. The lowest BCUT2D eigenvalue weighted by molar-refractivity contribution is -0.115. The van der Waals surface area contributed by atoms with Crippen LogP contribution in [0.5, 0.6) is 11.5 Å². The summed E-state index contributed by atoms with van der Waals surface area (Å²) in [5.41, 5.74) is 1.13. The summed E-state index contributed by atoms with van der Waals surface area (Å²) >= 11 is 0. The third kappa shape index (κ3) is 5.51. The number of phenolic OH excluding ortho intramolecular Hbond substituents is 1. The Balaban J connectivity index is 2.05. The second-order valence-corrected chi connectivity index (χ2v) is 7.00. The van der Waals surface area contributed by atoms with Gasteiger partial charge in [0.05, 0.1) is 13.5 Å². The number of carbonyl (C=O) groups is 2. The Hall–Kier alpha value is -3.02. The van der Waals surface area contributed by atoms with Crippen LogP contribution in [0.3, 0.4) is 0 Å². The monoisotopic (exact) mass is 356 g/mol. The van der Waals surface area contributed by atoms with E-state index in [1.165, 1.54) is 13.2 Å². The standard InChI is InChI=1S/C20H24N2O4/c1-20(2,3)22-19(25)14-6-5-7-15(10-14)21-18(24)11-13-8-9-16(26-4)12-17(13)23/h5-10,12,23H,11H2,1-4H3,(H,21,24)(H,22,25). The Morgan fingerprint density at radius 2 is 1.85 bits per heavy atom. The van der Waals surface area contributed by atoms with Crippen LogP contribution in [0.1, 0.15) is 36.7 Å². The van der Waals surface area contributed by atoms with Gasteiger partial charge in [-0.15, -0.1) is 0 Å². The van der Waals surface area contributed by atoms with Gasteiger partial charge in [-0.1, -0.05) is 12.1 Å². The minimum absolute atomic E-state index is 0.00203. The van der Waals surface area contributed by atoms with Crippen LogP contribution in [-0.4, -0.2) is 29.6 Å². The largest absolute Gasteiger partial charge is 0.508 e. The number of rotatable bonds is 5. The van der Waals surface area contributed by atoms with Crippen LogP contribution in [0.2, 0.25) is 0 Å². The third-order valence-corrected chi connectivity index (χ3v) is 3.54. The van der Waals surface area contributed by atoms with Crippen LogP contribution >= 0.6 is 0 Å². The summed E-state index contributed by atoms with van der Waals surface area (Å²) in [5.74, 6) is 0.0160. The van der Waals surface area contributed by atoms with Crippen molar-refractivity contribution < 1.29 is 19.4 Å². The molecule has 6 nitrogen and oxygen atoms in total. The van der Waals surface area contributed by atoms with E-state index >= 15 is 0 Å². The molecule has 0 aliphatic carbocycles. The molecule has 2 aromatic rings. The Morgan fingerprint density at radius 3 is 2.46 bits per heavy atom. The van der Waals surface area contributed by atoms with E-state index in [1.807, 2.05) is 20.8 Å². The highest BCUT2D eigenvalue weighted by Crippen LogP contribution is 2.24. The number of benzene rings is 2. The fourth-order valence-electron chi connectivity index (χ4n) is 2.35. The van der Waals surface area contributed by atoms with E-state index in [2.05, 4.69) is 10.6 Å². The van der Waals surface area contributed by atoms with Gasteiger partial charge in [-0.25, -0.2) is 0 Å². The van der Waals surface area contributed by atoms with E-state index in [9.17, 15) is 14.7 Å². The maximum Gasteiger partial charge on any atom is 0.251 e. The molecule has 0 spiro atoms. The smallest absolute Gasteiger partial charge is 0.251 e. The summed E-state index contributed by atoms with van der Waals surface area (Å²) in [6, 6.07) is 11.5. The molecule has 6 heteroatoms. The van der Waals surface area contributed by atoms with Crippen molar-refractivity contribution in [2.75, 3.05) is 12.4 Å². The molecule has 0 heterocycles. The zero-order valence-electron chi connectivity index (χ0n) is 15.4. The van der Waals surface area contributed by atoms with Crippen molar-refractivity contribution in [3.8, 4) is 11.5 Å². The average molecular weight is 356 g/mol. The lowest BCUT2D eigenvalue weighted by Gasteiger charge is -2.20. The quantitative estimate of drug-likeness (QED) is 0.768. The zero-order chi connectivity index (χ0) is 19.3. The van der Waals surface area contributed by atoms with E-state index in [-0.39, 0.29) is 29.5 Å². The first-order valence-electron chi connectivity index (χ1n) is 8.26. The van der Waals surface area contributed by atoms with E-state index < -0.39 is 0 Å². The lowest BCUT2D eigenvalue weighted by Crippen LogP contribution is -2.40. The molecule has 0 fully saturated rings. The molecule has 0 aliphatic heterocycles. The molecule has 0 atom stereocenters. The number of phenols is 1. The predicted molar refractivity (Wildman–Crippen MR) is 101 cm³/mol. The first kappa shape index (κ1) is 19.3. The topological polar surface area (TPSA) is 87.7 Å². The molecule has 26 heavy (non-hydrogen) atoms. The second-order valence-electron chi connectivity index (χ2n) is 7.00. The van der Waals surface area contributed by atoms with Crippen molar-refractivity contribution in [1.29, 1.82) is 0 Å². The maximum absolute atomic E-state index is 12.2. The second kappa shape index (κ2) is 7.91. The van der Waals surface area contributed by atoms with Gasteiger partial charge in [-0.2, -0.15) is 0 Å². The van der Waals surface area contributed by atoms with E-state index in [0.717, 1.165) is 0 Å². The molecule has 0 saturated heterocycles. The van der Waals surface area contributed by atoms with E-state index in [0.29, 0.717) is 22.6 Å². The average Bonchev–Trinajstić information content (AvgIpc) is 2.55. The molecule has 2 aromatic carbocycles. The Morgan fingerprint density at radius 1 is 1.12 bits per heavy atom. The minimum Gasteiger partial charge on any atom is -0.508 e. The lowest BCUT2D eigenvalue weighted by atomic mass is 10.1. The molecule has 0 bridgehead atoms. The van der Waals surface area contributed by atoms with Crippen molar-refractivity contribution in [1.82, 2.24) is 5.32 Å². The van der Waals surface area contributed by atoms with Gasteiger partial charge in [-0.3, -0.25) is 9.59 Å². The van der Waals surface area contributed by atoms with Crippen LogP contribution in [-0.2, 0) is 11.2 Å². The van der Waals surface area contributed by atoms with Gasteiger partial charge in [0.2, 0.25) is 5.91 Å². The van der Waals surface area contributed by atoms with Gasteiger partial charge in [0.1, 0.15) is 11.5 Å². The van der Waals surface area contributed by atoms with Crippen molar-refractivity contribution in [3.05, 3.63) is 53.6 Å². The Kier molecular flexibility index (Phi) is 5.87. The van der Waals surface area contributed by atoms with Crippen molar-refractivity contribution >= 4 is 17.5 Å². The minimum atomic E-state index is -0.345. The van der Waals surface area contributed by atoms with Gasteiger partial charge in [0, 0.05) is 28.4 Å². The summed E-state index contributed by atoms with van der Waals surface area (Å²) in [6.07, 6.45) is 0.00818. The molecule has 0 aliphatic rings. The van der Waals surface area contributed by atoms with Crippen LogP contribution in [0, 0.1) is 0 Å². The normalized spacial score (nSPS) is 10.9. The number of ether oxygens (including phenoxy) is 1. The van der Waals surface area contributed by atoms with Gasteiger partial charge in [0.15, 0.2) is 0 Å². The zero-order valence-corrected chi connectivity index (χ0v) is 15.4. The van der Waals surface area contributed by atoms with E-state index in [4.69, 9.17) is 4.74 Å². The number of carbonyl (C=O) groups excluding carboxylic acids is 2.